The molecule has 2 saturated heterocycles. The van der Waals surface area contributed by atoms with Gasteiger partial charge in [-0.15, -0.1) is 0 Å². The third-order valence-corrected chi connectivity index (χ3v) is 8.26. The summed E-state index contributed by atoms with van der Waals surface area (Å²) in [4.78, 5) is 12.4. The van der Waals surface area contributed by atoms with Crippen molar-refractivity contribution in [1.29, 1.82) is 0 Å². The van der Waals surface area contributed by atoms with Crippen LogP contribution in [0.4, 0.5) is 0 Å². The van der Waals surface area contributed by atoms with E-state index in [9.17, 15) is 10.2 Å². The molecule has 9 heteroatoms. The molecule has 0 amide bonds. The number of fused-ring (bicyclic) bond motifs is 3. The van der Waals surface area contributed by atoms with E-state index in [2.05, 4.69) is 26.8 Å². The first-order valence-electron chi connectivity index (χ1n) is 12.4. The second kappa shape index (κ2) is 8.17. The Labute approximate surface area is 213 Å². The highest BCUT2D eigenvalue weighted by Gasteiger charge is 2.70. The fourth-order valence-corrected chi connectivity index (χ4v) is 6.05. The highest BCUT2D eigenvalue weighted by molar-refractivity contribution is 6.33. The molecule has 2 aromatic heterocycles. The summed E-state index contributed by atoms with van der Waals surface area (Å²) < 4.78 is 17.7. The van der Waals surface area contributed by atoms with Gasteiger partial charge in [0.05, 0.1) is 41.0 Å². The quantitative estimate of drug-likeness (QED) is 0.467. The minimum absolute atomic E-state index is 0.0933. The lowest BCUT2D eigenvalue weighted by Gasteiger charge is -2.15. The van der Waals surface area contributed by atoms with Crippen LogP contribution in [0.5, 0.6) is 6.01 Å². The van der Waals surface area contributed by atoms with Crippen LogP contribution in [0.15, 0.2) is 30.3 Å². The number of aliphatic hydroxyl groups is 2. The molecule has 4 heterocycles. The van der Waals surface area contributed by atoms with E-state index in [1.165, 1.54) is 0 Å². The fourth-order valence-electron chi connectivity index (χ4n) is 5.79. The zero-order valence-electron chi connectivity index (χ0n) is 19.5. The van der Waals surface area contributed by atoms with Crippen LogP contribution in [-0.4, -0.2) is 68.4 Å². The Morgan fingerprint density at radius 3 is 2.75 bits per heavy atom. The first-order valence-corrected chi connectivity index (χ1v) is 12.8. The molecule has 4 fully saturated rings. The third-order valence-electron chi connectivity index (χ3n) is 7.97. The minimum Gasteiger partial charge on any atom is -0.461 e. The predicted molar refractivity (Wildman–Crippen MR) is 132 cm³/mol. The molecule has 7 rings (SSSR count). The number of nitrogens with zero attached hydrogens (tertiary/aromatic N) is 2. The van der Waals surface area contributed by atoms with Crippen molar-refractivity contribution in [3.63, 3.8) is 0 Å². The van der Waals surface area contributed by atoms with Crippen LogP contribution in [0.2, 0.25) is 5.02 Å². The van der Waals surface area contributed by atoms with Gasteiger partial charge in [-0.2, -0.15) is 4.98 Å². The molecule has 1 unspecified atom stereocenters. The Morgan fingerprint density at radius 1 is 1.14 bits per heavy atom. The smallest absolute Gasteiger partial charge is 0.296 e. The molecule has 8 nitrogen and oxygen atoms in total. The zero-order valence-corrected chi connectivity index (χ0v) is 20.3. The molecule has 0 bridgehead atoms. The van der Waals surface area contributed by atoms with Gasteiger partial charge in [-0.05, 0) is 50.3 Å². The van der Waals surface area contributed by atoms with Gasteiger partial charge in [0.2, 0.25) is 0 Å². The second-order valence-corrected chi connectivity index (χ2v) is 10.8. The van der Waals surface area contributed by atoms with Crippen LogP contribution in [0.3, 0.4) is 0 Å². The van der Waals surface area contributed by atoms with Gasteiger partial charge in [0.25, 0.3) is 6.01 Å². The number of H-pyrrole nitrogens is 1. The van der Waals surface area contributed by atoms with Crippen LogP contribution in [0, 0.1) is 17.3 Å². The average molecular weight is 508 g/mol. The standard InChI is InChI=1S/C27H26ClN3O5/c28-17-11-18-24(30-21(17)16-5-3-15(4-6-16)7-10-26(33)8-1-2-9-26)31-25(29-18)36-20-12-27(20)14-35-22-19(32)13-34-23(22)27/h3-6,11,19-20,22-23,32-33H,1-2,8-9,12-14H2,(H,29,30,31)/t19-,20?,22-,23+,27-/m1/s1. The van der Waals surface area contributed by atoms with Crippen LogP contribution >= 0.6 is 11.6 Å². The van der Waals surface area contributed by atoms with E-state index in [1.54, 1.807) is 6.07 Å². The maximum atomic E-state index is 10.4. The number of imidazole rings is 1. The molecule has 4 aliphatic rings. The van der Waals surface area contributed by atoms with Crippen LogP contribution in [0.25, 0.3) is 22.4 Å². The summed E-state index contributed by atoms with van der Waals surface area (Å²) in [5.74, 6) is 6.13. The largest absolute Gasteiger partial charge is 0.461 e. The van der Waals surface area contributed by atoms with Crippen molar-refractivity contribution in [1.82, 2.24) is 15.0 Å². The van der Waals surface area contributed by atoms with Crippen molar-refractivity contribution in [2.75, 3.05) is 13.2 Å². The lowest BCUT2D eigenvalue weighted by atomic mass is 9.98. The van der Waals surface area contributed by atoms with E-state index in [0.29, 0.717) is 41.1 Å². The SMILES string of the molecule is O[C@@H]1CO[C@H]2[C@@H]1OC[C@@]21CC1Oc1nc2nc(-c3ccc(C#CC4(O)CCCC4)cc3)c(Cl)cc2[nH]1. The Hall–Kier alpha value is -2.67. The Morgan fingerprint density at radius 2 is 1.94 bits per heavy atom. The van der Waals surface area contributed by atoms with Gasteiger partial charge in [0, 0.05) is 11.1 Å². The van der Waals surface area contributed by atoms with Crippen LogP contribution < -0.4 is 4.74 Å². The maximum absolute atomic E-state index is 10.4. The summed E-state index contributed by atoms with van der Waals surface area (Å²) in [6.07, 6.45) is 3.22. The molecular formula is C27H26ClN3O5. The molecule has 2 aliphatic carbocycles. The van der Waals surface area contributed by atoms with Gasteiger partial charge in [-0.25, -0.2) is 4.98 Å². The first-order chi connectivity index (χ1) is 17.4. The third kappa shape index (κ3) is 3.69. The molecule has 0 radical (unpaired) electrons. The molecule has 186 valence electrons. The van der Waals surface area contributed by atoms with Crippen molar-refractivity contribution < 1.29 is 24.4 Å². The van der Waals surface area contributed by atoms with E-state index < -0.39 is 11.7 Å². The Bertz CT molecular complexity index is 1390. The van der Waals surface area contributed by atoms with E-state index in [0.717, 1.165) is 43.2 Å². The monoisotopic (exact) mass is 507 g/mol. The summed E-state index contributed by atoms with van der Waals surface area (Å²) in [5.41, 5.74) is 2.43. The number of nitrogens with one attached hydrogen (secondary N) is 1. The summed E-state index contributed by atoms with van der Waals surface area (Å²) in [6, 6.07) is 9.85. The number of benzene rings is 1. The summed E-state index contributed by atoms with van der Waals surface area (Å²) >= 11 is 6.57. The van der Waals surface area contributed by atoms with Gasteiger partial charge in [0.15, 0.2) is 5.65 Å². The van der Waals surface area contributed by atoms with Gasteiger partial charge in [-0.1, -0.05) is 35.6 Å². The number of halogens is 1. The number of hydrogen-bond donors (Lipinski definition) is 3. The summed E-state index contributed by atoms with van der Waals surface area (Å²) in [5, 5.41) is 21.0. The number of aromatic amines is 1. The highest BCUT2D eigenvalue weighted by atomic mass is 35.5. The lowest BCUT2D eigenvalue weighted by Crippen LogP contribution is -2.31. The van der Waals surface area contributed by atoms with Gasteiger partial charge < -0.3 is 29.4 Å². The van der Waals surface area contributed by atoms with Crippen molar-refractivity contribution in [2.45, 2.75) is 62.1 Å². The molecule has 2 aliphatic heterocycles. The van der Waals surface area contributed by atoms with E-state index in [4.69, 9.17) is 25.8 Å². The molecule has 1 aromatic carbocycles. The molecule has 5 atom stereocenters. The number of rotatable bonds is 3. The number of pyridine rings is 1. The fraction of sp³-hybridized carbons (Fsp3) is 0.481. The van der Waals surface area contributed by atoms with Crippen LogP contribution in [0.1, 0.15) is 37.7 Å². The molecular weight excluding hydrogens is 482 g/mol. The highest BCUT2D eigenvalue weighted by Crippen LogP contribution is 2.58. The van der Waals surface area contributed by atoms with Crippen molar-refractivity contribution in [2.24, 2.45) is 5.41 Å². The molecule has 36 heavy (non-hydrogen) atoms. The van der Waals surface area contributed by atoms with Crippen molar-refractivity contribution >= 4 is 22.8 Å². The van der Waals surface area contributed by atoms with Gasteiger partial charge in [-0.3, -0.25) is 0 Å². The van der Waals surface area contributed by atoms with E-state index >= 15 is 0 Å². The number of hydrogen-bond acceptors (Lipinski definition) is 7. The first kappa shape index (κ1) is 22.5. The molecule has 3 aromatic rings. The number of aromatic nitrogens is 3. The Balaban J connectivity index is 1.09. The molecule has 1 spiro atoms. The maximum Gasteiger partial charge on any atom is 0.296 e. The summed E-state index contributed by atoms with van der Waals surface area (Å²) in [6.45, 7) is 0.813. The normalized spacial score (nSPS) is 32.0. The van der Waals surface area contributed by atoms with Gasteiger partial charge in [0.1, 0.15) is 23.9 Å². The van der Waals surface area contributed by atoms with Gasteiger partial charge >= 0.3 is 0 Å². The topological polar surface area (TPSA) is 110 Å². The van der Waals surface area contributed by atoms with Crippen molar-refractivity contribution in [3.8, 4) is 29.1 Å². The van der Waals surface area contributed by atoms with Crippen LogP contribution in [-0.2, 0) is 9.47 Å². The average Bonchev–Trinajstić information content (AvgIpc) is 3.31. The summed E-state index contributed by atoms with van der Waals surface area (Å²) in [7, 11) is 0. The van der Waals surface area contributed by atoms with E-state index in [-0.39, 0.29) is 23.7 Å². The number of aliphatic hydroxyl groups excluding tert-OH is 1. The predicted octanol–water partition coefficient (Wildman–Crippen LogP) is 3.23. The molecule has 3 N–H and O–H groups in total. The molecule has 2 saturated carbocycles. The van der Waals surface area contributed by atoms with E-state index in [1.807, 2.05) is 24.3 Å². The minimum atomic E-state index is -0.855. The van der Waals surface area contributed by atoms with Crippen molar-refractivity contribution in [3.05, 3.63) is 40.9 Å². The number of ether oxygens (including phenoxy) is 3. The zero-order chi connectivity index (χ0) is 24.5. The lowest BCUT2D eigenvalue weighted by molar-refractivity contribution is 0.0135. The second-order valence-electron chi connectivity index (χ2n) is 10.4. The Kier molecular flexibility index (Phi) is 5.11.